The standard InChI is InChI=1S/C21H24N4O/c1-15-8-10-16(11-9-15)19(20-22-12-13-25(20)4)23-21(26)17-6-5-7-18(14-17)24(2)3/h5-14,19H,1-4H3,(H,23,26). The van der Waals surface area contributed by atoms with Crippen LogP contribution in [0.3, 0.4) is 0 Å². The average Bonchev–Trinajstić information content (AvgIpc) is 3.06. The number of anilines is 1. The van der Waals surface area contributed by atoms with Gasteiger partial charge in [-0.25, -0.2) is 4.98 Å². The summed E-state index contributed by atoms with van der Waals surface area (Å²) in [5, 5.41) is 3.14. The third-order valence-corrected chi connectivity index (χ3v) is 4.43. The smallest absolute Gasteiger partial charge is 0.252 e. The number of amides is 1. The SMILES string of the molecule is Cc1ccc(C(NC(=O)c2cccc(N(C)C)c2)c2nccn2C)cc1. The summed E-state index contributed by atoms with van der Waals surface area (Å²) in [5.41, 5.74) is 3.79. The highest BCUT2D eigenvalue weighted by atomic mass is 16.1. The minimum absolute atomic E-state index is 0.123. The molecular weight excluding hydrogens is 324 g/mol. The average molecular weight is 348 g/mol. The van der Waals surface area contributed by atoms with Gasteiger partial charge in [-0.2, -0.15) is 0 Å². The van der Waals surface area contributed by atoms with Gasteiger partial charge in [0.25, 0.3) is 5.91 Å². The summed E-state index contributed by atoms with van der Waals surface area (Å²) in [6, 6.07) is 15.4. The molecule has 0 fully saturated rings. The Hall–Kier alpha value is -3.08. The Bertz CT molecular complexity index is 896. The highest BCUT2D eigenvalue weighted by Gasteiger charge is 2.21. The predicted molar refractivity (Wildman–Crippen MR) is 104 cm³/mol. The molecule has 5 nitrogen and oxygen atoms in total. The fraction of sp³-hybridized carbons (Fsp3) is 0.238. The second-order valence-electron chi connectivity index (χ2n) is 6.66. The third kappa shape index (κ3) is 3.77. The third-order valence-electron chi connectivity index (χ3n) is 4.43. The van der Waals surface area contributed by atoms with Crippen LogP contribution in [0.15, 0.2) is 60.9 Å². The summed E-state index contributed by atoms with van der Waals surface area (Å²) in [4.78, 5) is 19.3. The molecule has 3 rings (SSSR count). The number of rotatable bonds is 5. The number of hydrogen-bond donors (Lipinski definition) is 1. The first-order chi connectivity index (χ1) is 12.5. The van der Waals surface area contributed by atoms with Crippen molar-refractivity contribution in [1.29, 1.82) is 0 Å². The molecule has 3 aromatic rings. The predicted octanol–water partition coefficient (Wildman–Crippen LogP) is 3.31. The van der Waals surface area contributed by atoms with Crippen molar-refractivity contribution >= 4 is 11.6 Å². The van der Waals surface area contributed by atoms with Crippen molar-refractivity contribution in [2.45, 2.75) is 13.0 Å². The van der Waals surface area contributed by atoms with Crippen LogP contribution in [0.25, 0.3) is 0 Å². The van der Waals surface area contributed by atoms with Gasteiger partial charge in [-0.3, -0.25) is 4.79 Å². The number of hydrogen-bond acceptors (Lipinski definition) is 3. The van der Waals surface area contributed by atoms with Gasteiger partial charge >= 0.3 is 0 Å². The molecule has 26 heavy (non-hydrogen) atoms. The molecule has 1 atom stereocenters. The van der Waals surface area contributed by atoms with Gasteiger partial charge in [-0.05, 0) is 30.7 Å². The van der Waals surface area contributed by atoms with Crippen molar-refractivity contribution in [1.82, 2.24) is 14.9 Å². The molecule has 0 saturated heterocycles. The Morgan fingerprint density at radius 3 is 2.50 bits per heavy atom. The second kappa shape index (κ2) is 7.44. The van der Waals surface area contributed by atoms with E-state index in [-0.39, 0.29) is 11.9 Å². The monoisotopic (exact) mass is 348 g/mol. The van der Waals surface area contributed by atoms with Gasteiger partial charge < -0.3 is 14.8 Å². The van der Waals surface area contributed by atoms with E-state index in [1.165, 1.54) is 5.56 Å². The fourth-order valence-corrected chi connectivity index (χ4v) is 2.85. The van der Waals surface area contributed by atoms with E-state index < -0.39 is 0 Å². The highest BCUT2D eigenvalue weighted by molar-refractivity contribution is 5.95. The van der Waals surface area contributed by atoms with Gasteiger partial charge in [0.1, 0.15) is 11.9 Å². The van der Waals surface area contributed by atoms with E-state index in [0.717, 1.165) is 17.1 Å². The zero-order chi connectivity index (χ0) is 18.7. The number of carbonyl (C=O) groups is 1. The van der Waals surface area contributed by atoms with Crippen LogP contribution in [0, 0.1) is 6.92 Å². The molecule has 0 aliphatic heterocycles. The summed E-state index contributed by atoms with van der Waals surface area (Å²) in [7, 11) is 5.85. The second-order valence-corrected chi connectivity index (χ2v) is 6.66. The van der Waals surface area contributed by atoms with Crippen LogP contribution in [0.1, 0.15) is 33.4 Å². The molecule has 1 unspecified atom stereocenters. The fourth-order valence-electron chi connectivity index (χ4n) is 2.85. The van der Waals surface area contributed by atoms with E-state index in [4.69, 9.17) is 0 Å². The van der Waals surface area contributed by atoms with Crippen molar-refractivity contribution in [2.75, 3.05) is 19.0 Å². The van der Waals surface area contributed by atoms with E-state index in [2.05, 4.69) is 10.3 Å². The molecular formula is C21H24N4O. The molecule has 2 aromatic carbocycles. The first-order valence-corrected chi connectivity index (χ1v) is 8.58. The molecule has 0 saturated carbocycles. The summed E-state index contributed by atoms with van der Waals surface area (Å²) in [6.45, 7) is 2.05. The normalized spacial score (nSPS) is 11.8. The quantitative estimate of drug-likeness (QED) is 0.769. The highest BCUT2D eigenvalue weighted by Crippen LogP contribution is 2.22. The lowest BCUT2D eigenvalue weighted by molar-refractivity contribution is 0.0941. The lowest BCUT2D eigenvalue weighted by atomic mass is 10.0. The number of imidazole rings is 1. The van der Waals surface area contributed by atoms with Crippen LogP contribution in [-0.4, -0.2) is 29.6 Å². The zero-order valence-corrected chi connectivity index (χ0v) is 15.6. The van der Waals surface area contributed by atoms with E-state index in [1.807, 2.05) is 92.3 Å². The first kappa shape index (κ1) is 17.7. The Kier molecular flexibility index (Phi) is 5.07. The Morgan fingerprint density at radius 2 is 1.88 bits per heavy atom. The van der Waals surface area contributed by atoms with Gasteiger partial charge in [0.15, 0.2) is 0 Å². The van der Waals surface area contributed by atoms with Gasteiger partial charge in [-0.1, -0.05) is 35.9 Å². The van der Waals surface area contributed by atoms with Crippen LogP contribution in [-0.2, 0) is 7.05 Å². The molecule has 0 aliphatic carbocycles. The van der Waals surface area contributed by atoms with Crippen molar-refractivity contribution < 1.29 is 4.79 Å². The molecule has 1 N–H and O–H groups in total. The Labute approximate surface area is 154 Å². The van der Waals surface area contributed by atoms with Crippen molar-refractivity contribution in [3.05, 3.63) is 83.4 Å². The molecule has 0 radical (unpaired) electrons. The number of benzene rings is 2. The number of nitrogens with one attached hydrogen (secondary N) is 1. The van der Waals surface area contributed by atoms with Crippen LogP contribution in [0.4, 0.5) is 5.69 Å². The molecule has 1 aromatic heterocycles. The lowest BCUT2D eigenvalue weighted by Crippen LogP contribution is -2.31. The van der Waals surface area contributed by atoms with Crippen molar-refractivity contribution in [2.24, 2.45) is 7.05 Å². The molecule has 0 bridgehead atoms. The number of aryl methyl sites for hydroxylation is 2. The number of aromatic nitrogens is 2. The van der Waals surface area contributed by atoms with Crippen LogP contribution in [0.2, 0.25) is 0 Å². The first-order valence-electron chi connectivity index (χ1n) is 8.58. The number of carbonyl (C=O) groups excluding carboxylic acids is 1. The Morgan fingerprint density at radius 1 is 1.15 bits per heavy atom. The van der Waals surface area contributed by atoms with Gasteiger partial charge in [-0.15, -0.1) is 0 Å². The van der Waals surface area contributed by atoms with Gasteiger partial charge in [0, 0.05) is 44.8 Å². The minimum Gasteiger partial charge on any atom is -0.378 e. The summed E-state index contributed by atoms with van der Waals surface area (Å²) in [6.07, 6.45) is 3.63. The molecule has 1 heterocycles. The van der Waals surface area contributed by atoms with Crippen LogP contribution >= 0.6 is 0 Å². The maximum Gasteiger partial charge on any atom is 0.252 e. The summed E-state index contributed by atoms with van der Waals surface area (Å²) >= 11 is 0. The van der Waals surface area contributed by atoms with E-state index in [0.29, 0.717) is 5.56 Å². The van der Waals surface area contributed by atoms with E-state index in [9.17, 15) is 4.79 Å². The van der Waals surface area contributed by atoms with Crippen LogP contribution in [0.5, 0.6) is 0 Å². The molecule has 0 spiro atoms. The molecule has 1 amide bonds. The van der Waals surface area contributed by atoms with Gasteiger partial charge in [0.05, 0.1) is 0 Å². The van der Waals surface area contributed by atoms with E-state index >= 15 is 0 Å². The van der Waals surface area contributed by atoms with Crippen molar-refractivity contribution in [3.8, 4) is 0 Å². The lowest BCUT2D eigenvalue weighted by Gasteiger charge is -2.20. The topological polar surface area (TPSA) is 50.2 Å². The minimum atomic E-state index is -0.314. The largest absolute Gasteiger partial charge is 0.378 e. The molecule has 0 aliphatic rings. The summed E-state index contributed by atoms with van der Waals surface area (Å²) in [5.74, 6) is 0.674. The number of nitrogens with zero attached hydrogens (tertiary/aromatic N) is 3. The van der Waals surface area contributed by atoms with E-state index in [1.54, 1.807) is 6.20 Å². The summed E-state index contributed by atoms with van der Waals surface area (Å²) < 4.78 is 1.93. The maximum absolute atomic E-state index is 12.9. The maximum atomic E-state index is 12.9. The van der Waals surface area contributed by atoms with Crippen molar-refractivity contribution in [3.63, 3.8) is 0 Å². The zero-order valence-electron chi connectivity index (χ0n) is 15.6. The van der Waals surface area contributed by atoms with Crippen LogP contribution < -0.4 is 10.2 Å². The molecule has 134 valence electrons. The Balaban J connectivity index is 1.93. The molecule has 5 heteroatoms. The van der Waals surface area contributed by atoms with Gasteiger partial charge in [0.2, 0.25) is 0 Å².